The summed E-state index contributed by atoms with van der Waals surface area (Å²) in [6.45, 7) is 1.35. The van der Waals surface area contributed by atoms with Crippen molar-refractivity contribution in [2.24, 2.45) is 0 Å². The summed E-state index contributed by atoms with van der Waals surface area (Å²) in [5.41, 5.74) is 0.612. The largest absolute Gasteiger partial charge is 0.495 e. The number of carbonyl (C=O) groups is 3. The average molecular weight is 348 g/mol. The predicted octanol–water partition coefficient (Wildman–Crippen LogP) is 1.09. The van der Waals surface area contributed by atoms with Crippen molar-refractivity contribution < 1.29 is 24.2 Å². The summed E-state index contributed by atoms with van der Waals surface area (Å²) in [5.74, 6) is -2.22. The number of benzene rings is 1. The van der Waals surface area contributed by atoms with E-state index in [9.17, 15) is 19.5 Å². The smallest absolute Gasteiger partial charge is 0.356 e. The standard InChI is InChI=1S/C16H16N2O5S/c1-8(19)17-13-12(23-2)11(16(21)22)18-14(20)10(15(18)24-13)9-6-4-3-5-7-9/h3-7,10,13,15H,1-2H3,(H,17,19)(H,21,22)/t10?,13?,15-/m1/s1. The van der Waals surface area contributed by atoms with Crippen LogP contribution in [0.3, 0.4) is 0 Å². The SMILES string of the molecule is COC1=C(C(=O)O)N2C(=O)C(c3ccccc3)[C@H]2SC1NC(C)=O. The Morgan fingerprint density at radius 3 is 2.50 bits per heavy atom. The average Bonchev–Trinajstić information content (AvgIpc) is 2.54. The molecular formula is C16H16N2O5S. The van der Waals surface area contributed by atoms with Crippen LogP contribution in [0.25, 0.3) is 0 Å². The normalized spacial score (nSPS) is 25.7. The molecule has 126 valence electrons. The summed E-state index contributed by atoms with van der Waals surface area (Å²) in [6.07, 6.45) is 0. The maximum atomic E-state index is 12.6. The lowest BCUT2D eigenvalue weighted by atomic mass is 9.89. The number of nitrogens with zero attached hydrogens (tertiary/aromatic N) is 1. The van der Waals surface area contributed by atoms with Gasteiger partial charge in [0.1, 0.15) is 10.7 Å². The van der Waals surface area contributed by atoms with Crippen LogP contribution < -0.4 is 5.32 Å². The van der Waals surface area contributed by atoms with Gasteiger partial charge in [0, 0.05) is 6.92 Å². The van der Waals surface area contributed by atoms with Crippen LogP contribution in [-0.2, 0) is 19.1 Å². The van der Waals surface area contributed by atoms with Crippen molar-refractivity contribution in [1.82, 2.24) is 10.2 Å². The molecule has 0 spiro atoms. The number of hydrogen-bond acceptors (Lipinski definition) is 5. The van der Waals surface area contributed by atoms with Gasteiger partial charge in [-0.1, -0.05) is 30.3 Å². The van der Waals surface area contributed by atoms with Gasteiger partial charge in [-0.25, -0.2) is 4.79 Å². The van der Waals surface area contributed by atoms with Crippen LogP contribution in [0.2, 0.25) is 0 Å². The molecule has 1 saturated heterocycles. The van der Waals surface area contributed by atoms with Gasteiger partial charge in [-0.05, 0) is 5.56 Å². The van der Waals surface area contributed by atoms with Gasteiger partial charge in [0.2, 0.25) is 11.8 Å². The van der Waals surface area contributed by atoms with Crippen molar-refractivity contribution >= 4 is 29.5 Å². The molecule has 1 fully saturated rings. The molecule has 3 rings (SSSR count). The van der Waals surface area contributed by atoms with E-state index in [1.54, 1.807) is 0 Å². The minimum absolute atomic E-state index is 0.0683. The maximum absolute atomic E-state index is 12.6. The molecule has 2 aliphatic rings. The lowest BCUT2D eigenvalue weighted by Gasteiger charge is -2.51. The van der Waals surface area contributed by atoms with Gasteiger partial charge in [-0.2, -0.15) is 0 Å². The third-order valence-electron chi connectivity index (χ3n) is 3.95. The Bertz CT molecular complexity index is 733. The first kappa shape index (κ1) is 16.4. The molecule has 2 heterocycles. The maximum Gasteiger partial charge on any atom is 0.356 e. The van der Waals surface area contributed by atoms with E-state index in [1.807, 2.05) is 30.3 Å². The van der Waals surface area contributed by atoms with Crippen LogP contribution in [0.4, 0.5) is 0 Å². The molecule has 2 amide bonds. The third-order valence-corrected chi connectivity index (χ3v) is 5.31. The molecule has 8 heteroatoms. The molecule has 0 bridgehead atoms. The van der Waals surface area contributed by atoms with Crippen molar-refractivity contribution in [2.45, 2.75) is 23.6 Å². The highest BCUT2D eigenvalue weighted by Crippen LogP contribution is 2.50. The number of methoxy groups -OCH3 is 1. The molecule has 0 aliphatic carbocycles. The fraction of sp³-hybridized carbons (Fsp3) is 0.312. The monoisotopic (exact) mass is 348 g/mol. The van der Waals surface area contributed by atoms with E-state index < -0.39 is 22.6 Å². The number of β-lactam (4-membered cyclic amide) rings is 1. The number of aliphatic carboxylic acids is 1. The summed E-state index contributed by atoms with van der Waals surface area (Å²) < 4.78 is 5.19. The fourth-order valence-corrected chi connectivity index (χ4v) is 4.56. The quantitative estimate of drug-likeness (QED) is 0.791. The second kappa shape index (κ2) is 6.20. The lowest BCUT2D eigenvalue weighted by molar-refractivity contribution is -0.149. The lowest BCUT2D eigenvalue weighted by Crippen LogP contribution is -2.62. The second-order valence-electron chi connectivity index (χ2n) is 5.43. The fourth-order valence-electron chi connectivity index (χ4n) is 2.95. The van der Waals surface area contributed by atoms with Gasteiger partial charge in [-0.15, -0.1) is 11.8 Å². The van der Waals surface area contributed by atoms with Crippen molar-refractivity contribution in [3.05, 3.63) is 47.4 Å². The van der Waals surface area contributed by atoms with Gasteiger partial charge in [0.05, 0.1) is 13.0 Å². The van der Waals surface area contributed by atoms with Crippen molar-refractivity contribution in [2.75, 3.05) is 7.11 Å². The molecule has 3 atom stereocenters. The number of ether oxygens (including phenoxy) is 1. The van der Waals surface area contributed by atoms with Crippen molar-refractivity contribution in [3.63, 3.8) is 0 Å². The molecule has 24 heavy (non-hydrogen) atoms. The number of thioether (sulfide) groups is 1. The third kappa shape index (κ3) is 2.52. The summed E-state index contributed by atoms with van der Waals surface area (Å²) in [6, 6.07) is 9.19. The van der Waals surface area contributed by atoms with Crippen LogP contribution in [0, 0.1) is 0 Å². The zero-order valence-electron chi connectivity index (χ0n) is 13.1. The van der Waals surface area contributed by atoms with Crippen LogP contribution in [0.15, 0.2) is 41.8 Å². The van der Waals surface area contributed by atoms with E-state index in [4.69, 9.17) is 4.74 Å². The Labute approximate surface area is 142 Å². The summed E-state index contributed by atoms with van der Waals surface area (Å²) >= 11 is 1.30. The number of fused-ring (bicyclic) bond motifs is 1. The summed E-state index contributed by atoms with van der Waals surface area (Å²) in [4.78, 5) is 36.9. The molecule has 2 N–H and O–H groups in total. The molecule has 0 aromatic heterocycles. The van der Waals surface area contributed by atoms with Crippen LogP contribution >= 0.6 is 11.8 Å². The van der Waals surface area contributed by atoms with Gasteiger partial charge >= 0.3 is 5.97 Å². The zero-order chi connectivity index (χ0) is 17.4. The highest BCUT2D eigenvalue weighted by Gasteiger charge is 2.56. The Morgan fingerprint density at radius 1 is 1.29 bits per heavy atom. The number of nitrogens with one attached hydrogen (secondary N) is 1. The Morgan fingerprint density at radius 2 is 1.96 bits per heavy atom. The van der Waals surface area contributed by atoms with Crippen LogP contribution in [0.5, 0.6) is 0 Å². The molecule has 0 saturated carbocycles. The topological polar surface area (TPSA) is 95.9 Å². The van der Waals surface area contributed by atoms with E-state index in [0.717, 1.165) is 5.56 Å². The molecule has 7 nitrogen and oxygen atoms in total. The number of rotatable bonds is 4. The Kier molecular flexibility index (Phi) is 4.23. The highest BCUT2D eigenvalue weighted by molar-refractivity contribution is 8.00. The summed E-state index contributed by atoms with van der Waals surface area (Å²) in [5, 5.41) is 11.2. The molecule has 1 aromatic rings. The number of carbonyl (C=O) groups excluding carboxylic acids is 2. The van der Waals surface area contributed by atoms with Gasteiger partial charge in [0.25, 0.3) is 0 Å². The minimum atomic E-state index is -1.26. The molecule has 2 aliphatic heterocycles. The van der Waals surface area contributed by atoms with Crippen LogP contribution in [-0.4, -0.2) is 45.6 Å². The first-order chi connectivity index (χ1) is 11.5. The second-order valence-corrected chi connectivity index (χ2v) is 6.65. The van der Waals surface area contributed by atoms with Gasteiger partial charge < -0.3 is 15.2 Å². The van der Waals surface area contributed by atoms with Gasteiger partial charge in [-0.3, -0.25) is 14.5 Å². The Hall–Kier alpha value is -2.48. The first-order valence-corrected chi connectivity index (χ1v) is 8.22. The predicted molar refractivity (Wildman–Crippen MR) is 86.7 cm³/mol. The number of hydrogen-bond donors (Lipinski definition) is 2. The number of carboxylic acids is 1. The van der Waals surface area contributed by atoms with E-state index in [2.05, 4.69) is 5.32 Å². The van der Waals surface area contributed by atoms with Crippen LogP contribution in [0.1, 0.15) is 18.4 Å². The van der Waals surface area contributed by atoms with Crippen molar-refractivity contribution in [1.29, 1.82) is 0 Å². The first-order valence-electron chi connectivity index (χ1n) is 7.27. The molecule has 1 aromatic carbocycles. The number of carboxylic acid groups (broad SMARTS) is 1. The minimum Gasteiger partial charge on any atom is -0.495 e. The molecule has 0 radical (unpaired) electrons. The van der Waals surface area contributed by atoms with E-state index in [1.165, 1.54) is 30.7 Å². The van der Waals surface area contributed by atoms with E-state index in [0.29, 0.717) is 0 Å². The van der Waals surface area contributed by atoms with E-state index >= 15 is 0 Å². The molecule has 2 unspecified atom stereocenters. The number of amides is 2. The Balaban J connectivity index is 2.01. The highest BCUT2D eigenvalue weighted by atomic mass is 32.2. The molecular weight excluding hydrogens is 332 g/mol. The van der Waals surface area contributed by atoms with E-state index in [-0.39, 0.29) is 23.3 Å². The summed E-state index contributed by atoms with van der Waals surface area (Å²) in [7, 11) is 1.33. The van der Waals surface area contributed by atoms with Gasteiger partial charge in [0.15, 0.2) is 11.5 Å². The van der Waals surface area contributed by atoms with Crippen molar-refractivity contribution in [3.8, 4) is 0 Å². The zero-order valence-corrected chi connectivity index (χ0v) is 13.9.